The summed E-state index contributed by atoms with van der Waals surface area (Å²) >= 11 is 0. The van der Waals surface area contributed by atoms with Gasteiger partial charge in [-0.05, 0) is 11.1 Å². The fraction of sp³-hybridized carbons (Fsp3) is 0.258. The highest BCUT2D eigenvalue weighted by Gasteiger charge is 2.34. The van der Waals surface area contributed by atoms with Crippen LogP contribution < -0.4 is 92.9 Å². The molecule has 0 heterocycles. The summed E-state index contributed by atoms with van der Waals surface area (Å²) in [5, 5.41) is 75.0. The van der Waals surface area contributed by atoms with Crippen molar-refractivity contribution in [2.45, 2.75) is 49.6 Å². The quantitative estimate of drug-likeness (QED) is 0.0172. The standard InChI is InChI=1S/C31H46N22O10/c32-15(16(33)54)44-22(56)17(49-28(34)35)46-24(58)19(51-30(38)39)48-25(59)20(52-31(40)41)47-23(57)18(50-29(36)37)45-21(55)14(12-4-2-1-3-5-12)43-27(61)26(60)42-10-11-6-8-13(9-7-11)53(62)63/h1-9,14-15,17-20,26,42,60H,10,32H2,(H2,33,54)(H,43,61)(H,44,56)(H,45,55)(H,46,58)(H,47,57)(H,48,59)(H4,34,35,49)(H4,36,37,50)(H4,38,39,51)(H4,40,41,52). The van der Waals surface area contributed by atoms with Gasteiger partial charge in [0.2, 0.25) is 5.91 Å². The van der Waals surface area contributed by atoms with E-state index in [0.29, 0.717) is 5.56 Å². The molecule has 0 aliphatic heterocycles. The number of primary amides is 1. The highest BCUT2D eigenvalue weighted by atomic mass is 16.6. The van der Waals surface area contributed by atoms with E-state index in [-0.39, 0.29) is 17.8 Å². The molecule has 0 bridgehead atoms. The number of nitro benzene ring substituents is 1. The van der Waals surface area contributed by atoms with Crippen molar-refractivity contribution in [1.82, 2.24) is 58.5 Å². The number of non-ortho nitro benzene ring substituents is 1. The molecule has 0 saturated heterocycles. The second-order valence-electron chi connectivity index (χ2n) is 12.4. The molecular weight excluding hydrogens is 840 g/mol. The molecule has 0 saturated carbocycles. The third kappa shape index (κ3) is 17.1. The van der Waals surface area contributed by atoms with Crippen LogP contribution in [0.15, 0.2) is 54.6 Å². The Labute approximate surface area is 354 Å². The zero-order valence-electron chi connectivity index (χ0n) is 32.5. The summed E-state index contributed by atoms with van der Waals surface area (Å²) in [5.41, 5.74) is 32.3. The molecule has 32 heteroatoms. The monoisotopic (exact) mass is 886 g/mol. The Kier molecular flexibility index (Phi) is 18.8. The Bertz CT molecular complexity index is 2070. The minimum Gasteiger partial charge on any atom is -0.370 e. The lowest BCUT2D eigenvalue weighted by atomic mass is 10.1. The zero-order valence-corrected chi connectivity index (χ0v) is 32.5. The summed E-state index contributed by atoms with van der Waals surface area (Å²) in [7, 11) is 0. The average Bonchev–Trinajstić information content (AvgIpc) is 3.20. The summed E-state index contributed by atoms with van der Waals surface area (Å²) in [6.45, 7) is -0.152. The molecule has 0 aliphatic rings. The van der Waals surface area contributed by atoms with Crippen LogP contribution in [0.1, 0.15) is 17.2 Å². The second-order valence-corrected chi connectivity index (χ2v) is 12.4. The normalized spacial score (nSPS) is 13.7. The molecule has 32 nitrogen and oxygen atoms in total. The molecule has 2 aromatic rings. The van der Waals surface area contributed by atoms with Gasteiger partial charge in [0, 0.05) is 18.7 Å². The molecule has 2 rings (SSSR count). The fourth-order valence-corrected chi connectivity index (χ4v) is 4.71. The van der Waals surface area contributed by atoms with Crippen molar-refractivity contribution in [2.75, 3.05) is 0 Å². The lowest BCUT2D eigenvalue weighted by Gasteiger charge is -2.28. The highest BCUT2D eigenvalue weighted by Crippen LogP contribution is 2.14. The number of guanidine groups is 4. The van der Waals surface area contributed by atoms with Crippen LogP contribution in [0, 0.1) is 31.8 Å². The van der Waals surface area contributed by atoms with E-state index in [1.807, 2.05) is 31.9 Å². The maximum Gasteiger partial charge on any atom is 0.269 e. The number of nitro groups is 1. The Morgan fingerprint density at radius 1 is 0.556 bits per heavy atom. The van der Waals surface area contributed by atoms with Crippen LogP contribution in [-0.2, 0) is 40.1 Å². The predicted molar refractivity (Wildman–Crippen MR) is 217 cm³/mol. The van der Waals surface area contributed by atoms with E-state index in [1.54, 1.807) is 6.07 Å². The zero-order chi connectivity index (χ0) is 47.6. The van der Waals surface area contributed by atoms with Gasteiger partial charge >= 0.3 is 0 Å². The van der Waals surface area contributed by atoms with Crippen molar-refractivity contribution >= 4 is 70.9 Å². The van der Waals surface area contributed by atoms with E-state index in [1.165, 1.54) is 48.5 Å². The van der Waals surface area contributed by atoms with Gasteiger partial charge in [0.05, 0.1) is 4.92 Å². The van der Waals surface area contributed by atoms with Crippen LogP contribution in [-0.4, -0.2) is 112 Å². The minimum absolute atomic E-state index is 0.111. The first-order valence-corrected chi connectivity index (χ1v) is 17.5. The number of aliphatic hydroxyl groups excluding tert-OH is 1. The number of hydrogen-bond donors (Lipinski definition) is 22. The Hall–Kier alpha value is -8.91. The molecule has 7 amide bonds. The van der Waals surface area contributed by atoms with E-state index in [0.717, 1.165) is 0 Å². The van der Waals surface area contributed by atoms with Gasteiger partial charge in [-0.25, -0.2) is 0 Å². The van der Waals surface area contributed by atoms with Crippen molar-refractivity contribution in [3.05, 3.63) is 75.8 Å². The number of nitrogens with two attached hydrogens (primary N) is 6. The number of nitrogens with zero attached hydrogens (tertiary/aromatic N) is 1. The molecule has 7 atom stereocenters. The molecular formula is C31H46N22O10. The number of nitrogens with one attached hydrogen (secondary N) is 15. The van der Waals surface area contributed by atoms with E-state index in [9.17, 15) is 48.8 Å². The molecule has 2 aromatic carbocycles. The summed E-state index contributed by atoms with van der Waals surface area (Å²) < 4.78 is 0. The van der Waals surface area contributed by atoms with E-state index in [2.05, 4.69) is 26.6 Å². The molecule has 0 aromatic heterocycles. The average molecular weight is 887 g/mol. The number of hydrogen-bond acceptors (Lipinski definition) is 16. The third-order valence-electron chi connectivity index (χ3n) is 7.58. The van der Waals surface area contributed by atoms with Crippen LogP contribution in [0.3, 0.4) is 0 Å². The molecule has 63 heavy (non-hydrogen) atoms. The third-order valence-corrected chi connectivity index (χ3v) is 7.58. The van der Waals surface area contributed by atoms with Crippen LogP contribution in [0.25, 0.3) is 0 Å². The fourth-order valence-electron chi connectivity index (χ4n) is 4.71. The van der Waals surface area contributed by atoms with Crippen LogP contribution in [0.5, 0.6) is 0 Å². The second kappa shape index (κ2) is 23.6. The number of aliphatic hydroxyl groups is 1. The van der Waals surface area contributed by atoms with Crippen LogP contribution >= 0.6 is 0 Å². The van der Waals surface area contributed by atoms with Gasteiger partial charge in [-0.3, -0.25) is 70.6 Å². The smallest absolute Gasteiger partial charge is 0.269 e. The first kappa shape index (κ1) is 50.2. The van der Waals surface area contributed by atoms with Crippen molar-refractivity contribution in [3.63, 3.8) is 0 Å². The first-order chi connectivity index (χ1) is 29.5. The molecule has 0 radical (unpaired) electrons. The van der Waals surface area contributed by atoms with Gasteiger partial charge in [-0.2, -0.15) is 0 Å². The molecule has 340 valence electrons. The van der Waals surface area contributed by atoms with E-state index >= 15 is 0 Å². The summed E-state index contributed by atoms with van der Waals surface area (Å²) in [5.74, 6) is -12.7. The Morgan fingerprint density at radius 2 is 0.937 bits per heavy atom. The summed E-state index contributed by atoms with van der Waals surface area (Å²) in [6.07, 6.45) is -12.0. The van der Waals surface area contributed by atoms with Crippen LogP contribution in [0.4, 0.5) is 5.69 Å². The summed E-state index contributed by atoms with van der Waals surface area (Å²) in [6, 6.07) is 10.8. The van der Waals surface area contributed by atoms with Crippen molar-refractivity contribution in [1.29, 1.82) is 21.6 Å². The van der Waals surface area contributed by atoms with Gasteiger partial charge in [-0.15, -0.1) is 0 Å². The topological polar surface area (TPSA) is 567 Å². The largest absolute Gasteiger partial charge is 0.370 e. The number of benzene rings is 2. The Balaban J connectivity index is 2.33. The minimum atomic E-state index is -2.14. The summed E-state index contributed by atoms with van der Waals surface area (Å²) in [4.78, 5) is 101. The molecule has 0 spiro atoms. The molecule has 7 unspecified atom stereocenters. The maximum absolute atomic E-state index is 13.7. The lowest BCUT2D eigenvalue weighted by molar-refractivity contribution is -0.384. The number of rotatable bonds is 22. The number of amides is 7. The first-order valence-electron chi connectivity index (χ1n) is 17.5. The molecule has 0 fully saturated rings. The highest BCUT2D eigenvalue weighted by molar-refractivity contribution is 6.00. The van der Waals surface area contributed by atoms with Gasteiger partial charge in [0.1, 0.15) is 6.04 Å². The van der Waals surface area contributed by atoms with E-state index < -0.39 is 113 Å². The number of carbonyl (C=O) groups is 7. The lowest BCUT2D eigenvalue weighted by Crippen LogP contribution is -2.69. The molecule has 0 aliphatic carbocycles. The van der Waals surface area contributed by atoms with Gasteiger partial charge in [0.25, 0.3) is 41.1 Å². The van der Waals surface area contributed by atoms with E-state index in [4.69, 9.17) is 56.0 Å². The van der Waals surface area contributed by atoms with Gasteiger partial charge < -0.3 is 92.7 Å². The van der Waals surface area contributed by atoms with Gasteiger partial charge in [0.15, 0.2) is 60.9 Å². The molecule has 28 N–H and O–H groups in total. The SMILES string of the molecule is N=C(N)NC(NC(=O)C(NC(=N)N)NC(=O)C(NC(=N)N)NC(=O)C(NC(=N)N)NC(=O)C(NC(=O)C(O)NCc1ccc([N+](=O)[O-])cc1)c1ccccc1)C(=O)NC(N)C(N)=O. The van der Waals surface area contributed by atoms with Crippen LogP contribution in [0.2, 0.25) is 0 Å². The number of carbonyl (C=O) groups excluding carboxylic acids is 7. The van der Waals surface area contributed by atoms with Gasteiger partial charge in [-0.1, -0.05) is 42.5 Å². The maximum atomic E-state index is 13.7. The predicted octanol–water partition coefficient (Wildman–Crippen LogP) is -9.55. The van der Waals surface area contributed by atoms with Crippen molar-refractivity contribution in [3.8, 4) is 0 Å². The van der Waals surface area contributed by atoms with Crippen molar-refractivity contribution in [2.24, 2.45) is 34.4 Å². The van der Waals surface area contributed by atoms with Crippen molar-refractivity contribution < 1.29 is 43.6 Å². The Morgan fingerprint density at radius 3 is 1.30 bits per heavy atom.